The van der Waals surface area contributed by atoms with Crippen LogP contribution in [0, 0.1) is 0 Å². The molecular weight excluding hydrogens is 519 g/mol. The maximum Gasteiger partial charge on any atom is 0.232 e. The van der Waals surface area contributed by atoms with Crippen LogP contribution in [0.1, 0.15) is 63.9 Å². The van der Waals surface area contributed by atoms with Crippen molar-refractivity contribution in [3.05, 3.63) is 41.5 Å². The van der Waals surface area contributed by atoms with E-state index < -0.39 is 0 Å². The van der Waals surface area contributed by atoms with Crippen molar-refractivity contribution in [2.45, 2.75) is 58.5 Å². The first-order valence-electron chi connectivity index (χ1n) is 11.1. The summed E-state index contributed by atoms with van der Waals surface area (Å²) in [6, 6.07) is 8.48. The second-order valence-electron chi connectivity index (χ2n) is 8.84. The Bertz CT molecular complexity index is 858. The van der Waals surface area contributed by atoms with Crippen molar-refractivity contribution in [3.63, 3.8) is 0 Å². The zero-order chi connectivity index (χ0) is 22.3. The van der Waals surface area contributed by atoms with Gasteiger partial charge in [0.05, 0.1) is 13.2 Å². The third-order valence-electron chi connectivity index (χ3n) is 5.37. The number of halogens is 1. The summed E-state index contributed by atoms with van der Waals surface area (Å²) in [5, 5.41) is 10.9. The lowest BCUT2D eigenvalue weighted by Crippen LogP contribution is -2.42. The highest BCUT2D eigenvalue weighted by Gasteiger charge is 2.26. The molecular formula is C23H37IN6O2. The number of nitrogens with one attached hydrogen (secondary N) is 2. The van der Waals surface area contributed by atoms with Gasteiger partial charge in [-0.3, -0.25) is 4.90 Å². The first-order chi connectivity index (χ1) is 14.9. The van der Waals surface area contributed by atoms with Gasteiger partial charge in [0.25, 0.3) is 0 Å². The van der Waals surface area contributed by atoms with Crippen molar-refractivity contribution in [2.24, 2.45) is 4.99 Å². The first-order valence-corrected chi connectivity index (χ1v) is 11.1. The number of para-hydroxylation sites is 1. The molecule has 1 aliphatic heterocycles. The molecule has 1 fully saturated rings. The van der Waals surface area contributed by atoms with Crippen LogP contribution < -0.4 is 15.4 Å². The molecule has 1 saturated heterocycles. The van der Waals surface area contributed by atoms with Gasteiger partial charge in [-0.2, -0.15) is 4.98 Å². The molecule has 178 valence electrons. The molecule has 1 aromatic heterocycles. The van der Waals surface area contributed by atoms with E-state index in [1.807, 2.05) is 12.1 Å². The molecule has 1 unspecified atom stereocenters. The zero-order valence-electron chi connectivity index (χ0n) is 19.9. The number of ether oxygens (including phenoxy) is 1. The van der Waals surface area contributed by atoms with Crippen LogP contribution in [0.4, 0.5) is 0 Å². The Labute approximate surface area is 208 Å². The third kappa shape index (κ3) is 7.06. The number of nitrogens with zero attached hydrogens (tertiary/aromatic N) is 4. The van der Waals surface area contributed by atoms with Gasteiger partial charge in [0.15, 0.2) is 11.8 Å². The van der Waals surface area contributed by atoms with Gasteiger partial charge in [-0.1, -0.05) is 44.1 Å². The van der Waals surface area contributed by atoms with Gasteiger partial charge in [0.2, 0.25) is 5.89 Å². The number of benzene rings is 1. The molecule has 2 aromatic rings. The summed E-state index contributed by atoms with van der Waals surface area (Å²) in [6.07, 6.45) is 2.46. The number of hydrogen-bond acceptors (Lipinski definition) is 6. The molecule has 1 aliphatic rings. The van der Waals surface area contributed by atoms with Crippen molar-refractivity contribution in [1.82, 2.24) is 25.7 Å². The summed E-state index contributed by atoms with van der Waals surface area (Å²) in [7, 11) is 1.73. The average molecular weight is 556 g/mol. The van der Waals surface area contributed by atoms with Crippen molar-refractivity contribution < 1.29 is 9.26 Å². The number of aliphatic imine (C=N–C) groups is 1. The fourth-order valence-electron chi connectivity index (χ4n) is 3.74. The van der Waals surface area contributed by atoms with Crippen molar-refractivity contribution in [3.8, 4) is 5.75 Å². The molecule has 0 amide bonds. The van der Waals surface area contributed by atoms with Gasteiger partial charge in [-0.25, -0.2) is 4.99 Å². The third-order valence-corrected chi connectivity index (χ3v) is 5.37. The fraction of sp³-hybridized carbons (Fsp3) is 0.609. The Morgan fingerprint density at radius 1 is 1.22 bits per heavy atom. The Morgan fingerprint density at radius 3 is 2.56 bits per heavy atom. The molecule has 0 spiro atoms. The molecule has 2 N–H and O–H groups in total. The topological polar surface area (TPSA) is 87.8 Å². The summed E-state index contributed by atoms with van der Waals surface area (Å²) in [6.45, 7) is 12.3. The molecule has 3 rings (SSSR count). The monoisotopic (exact) mass is 556 g/mol. The SMILES string of the molecule is CCNC(=NCc1noc(C(C)(C)C)n1)NCC(c1ccccc1OC)N1CCCC1.I. The van der Waals surface area contributed by atoms with Crippen LogP contribution in [0.25, 0.3) is 0 Å². The molecule has 8 nitrogen and oxygen atoms in total. The predicted molar refractivity (Wildman–Crippen MR) is 138 cm³/mol. The van der Waals surface area contributed by atoms with Crippen LogP contribution >= 0.6 is 24.0 Å². The van der Waals surface area contributed by atoms with Crippen LogP contribution in [-0.2, 0) is 12.0 Å². The van der Waals surface area contributed by atoms with E-state index in [0.29, 0.717) is 18.3 Å². The maximum absolute atomic E-state index is 5.65. The summed E-state index contributed by atoms with van der Waals surface area (Å²) < 4.78 is 11.0. The molecule has 0 bridgehead atoms. The second-order valence-corrected chi connectivity index (χ2v) is 8.84. The van der Waals surface area contributed by atoms with Gasteiger partial charge >= 0.3 is 0 Å². The van der Waals surface area contributed by atoms with E-state index in [2.05, 4.69) is 70.5 Å². The van der Waals surface area contributed by atoms with Crippen LogP contribution in [0.5, 0.6) is 5.75 Å². The number of rotatable bonds is 8. The number of likely N-dealkylation sites (tertiary alicyclic amines) is 1. The summed E-state index contributed by atoms with van der Waals surface area (Å²) in [5.41, 5.74) is 1.03. The molecule has 0 aliphatic carbocycles. The highest BCUT2D eigenvalue weighted by molar-refractivity contribution is 14.0. The number of methoxy groups -OCH3 is 1. The molecule has 2 heterocycles. The van der Waals surface area contributed by atoms with E-state index in [1.165, 1.54) is 18.4 Å². The quantitative estimate of drug-likeness (QED) is 0.290. The number of guanidine groups is 1. The minimum absolute atomic E-state index is 0. The van der Waals surface area contributed by atoms with Gasteiger partial charge in [0.1, 0.15) is 12.3 Å². The highest BCUT2D eigenvalue weighted by Crippen LogP contribution is 2.31. The van der Waals surface area contributed by atoms with Gasteiger partial charge < -0.3 is 19.9 Å². The van der Waals surface area contributed by atoms with Crippen molar-refractivity contribution in [2.75, 3.05) is 33.3 Å². The van der Waals surface area contributed by atoms with Crippen molar-refractivity contribution in [1.29, 1.82) is 0 Å². The minimum Gasteiger partial charge on any atom is -0.496 e. The van der Waals surface area contributed by atoms with Crippen LogP contribution in [0.3, 0.4) is 0 Å². The first kappa shape index (κ1) is 26.4. The Balaban J connectivity index is 0.00000363. The standard InChI is InChI=1S/C23H36N6O2.HI/c1-6-24-22(26-16-20-27-21(31-28-20)23(2,3)4)25-15-18(29-13-9-10-14-29)17-11-7-8-12-19(17)30-5;/h7-8,11-12,18H,6,9-10,13-16H2,1-5H3,(H2,24,25,26);1H. The second kappa shape index (κ2) is 12.4. The summed E-state index contributed by atoms with van der Waals surface area (Å²) >= 11 is 0. The smallest absolute Gasteiger partial charge is 0.232 e. The van der Waals surface area contributed by atoms with E-state index in [1.54, 1.807) is 7.11 Å². The zero-order valence-corrected chi connectivity index (χ0v) is 22.2. The lowest BCUT2D eigenvalue weighted by molar-refractivity contribution is 0.239. The molecule has 9 heteroatoms. The predicted octanol–water partition coefficient (Wildman–Crippen LogP) is 3.89. The lowest BCUT2D eigenvalue weighted by atomic mass is 9.97. The fourth-order valence-corrected chi connectivity index (χ4v) is 3.74. The number of aromatic nitrogens is 2. The van der Waals surface area contributed by atoms with E-state index in [9.17, 15) is 0 Å². The van der Waals surface area contributed by atoms with E-state index in [0.717, 1.165) is 37.9 Å². The van der Waals surface area contributed by atoms with Gasteiger partial charge in [-0.15, -0.1) is 24.0 Å². The Kier molecular flexibility index (Phi) is 10.2. The molecule has 0 saturated carbocycles. The minimum atomic E-state index is -0.171. The van der Waals surface area contributed by atoms with E-state index in [-0.39, 0.29) is 35.4 Å². The Hall–Kier alpha value is -1.88. The maximum atomic E-state index is 5.65. The molecule has 1 atom stereocenters. The van der Waals surface area contributed by atoms with Crippen molar-refractivity contribution >= 4 is 29.9 Å². The molecule has 1 aromatic carbocycles. The normalized spacial score (nSPS) is 15.8. The molecule has 32 heavy (non-hydrogen) atoms. The van der Waals surface area contributed by atoms with Crippen LogP contribution in [-0.4, -0.2) is 54.3 Å². The average Bonchev–Trinajstić information content (AvgIpc) is 3.44. The van der Waals surface area contributed by atoms with Gasteiger partial charge in [-0.05, 0) is 38.9 Å². The highest BCUT2D eigenvalue weighted by atomic mass is 127. The van der Waals surface area contributed by atoms with E-state index >= 15 is 0 Å². The largest absolute Gasteiger partial charge is 0.496 e. The van der Waals surface area contributed by atoms with E-state index in [4.69, 9.17) is 9.26 Å². The lowest BCUT2D eigenvalue weighted by Gasteiger charge is -2.30. The Morgan fingerprint density at radius 2 is 1.94 bits per heavy atom. The summed E-state index contributed by atoms with van der Waals surface area (Å²) in [5.74, 6) is 2.87. The van der Waals surface area contributed by atoms with Gasteiger partial charge in [0, 0.05) is 24.1 Å². The summed E-state index contributed by atoms with van der Waals surface area (Å²) in [4.78, 5) is 11.7. The van der Waals surface area contributed by atoms with Crippen LogP contribution in [0.2, 0.25) is 0 Å². The molecule has 0 radical (unpaired) electrons. The number of hydrogen-bond donors (Lipinski definition) is 2. The van der Waals surface area contributed by atoms with Crippen LogP contribution in [0.15, 0.2) is 33.8 Å².